The van der Waals surface area contributed by atoms with Gasteiger partial charge in [0.2, 0.25) is 5.82 Å². The molecule has 3 N–H and O–H groups in total. The smallest absolute Gasteiger partial charge is 0.347 e. The van der Waals surface area contributed by atoms with Crippen molar-refractivity contribution >= 4 is 11.8 Å². The summed E-state index contributed by atoms with van der Waals surface area (Å²) in [6.45, 7) is 5.05. The van der Waals surface area contributed by atoms with Gasteiger partial charge >= 0.3 is 5.95 Å². The van der Waals surface area contributed by atoms with E-state index in [0.717, 1.165) is 6.42 Å². The minimum absolute atomic E-state index is 0.112. The number of hydrogen-bond acceptors (Lipinski definition) is 5. The maximum absolute atomic E-state index is 11.4. The van der Waals surface area contributed by atoms with Crippen LogP contribution in [0.4, 0.5) is 11.8 Å². The molecule has 0 saturated heterocycles. The predicted molar refractivity (Wildman–Crippen MR) is 57.6 cm³/mol. The summed E-state index contributed by atoms with van der Waals surface area (Å²) < 4.78 is 5.73. The van der Waals surface area contributed by atoms with Gasteiger partial charge in [-0.25, -0.2) is 4.73 Å². The van der Waals surface area contributed by atoms with Crippen LogP contribution in [-0.2, 0) is 0 Å². The van der Waals surface area contributed by atoms with Crippen molar-refractivity contribution in [1.29, 1.82) is 0 Å². The van der Waals surface area contributed by atoms with Gasteiger partial charge in [-0.2, -0.15) is 0 Å². The average Bonchev–Trinajstić information content (AvgIpc) is 2.21. The Morgan fingerprint density at radius 3 is 2.93 bits per heavy atom. The third kappa shape index (κ3) is 2.87. The van der Waals surface area contributed by atoms with E-state index in [-0.39, 0.29) is 5.95 Å². The van der Waals surface area contributed by atoms with Gasteiger partial charge in [0.25, 0.3) is 5.88 Å². The number of anilines is 2. The van der Waals surface area contributed by atoms with E-state index < -0.39 is 0 Å². The molecule has 1 aromatic heterocycles. The topological polar surface area (TPSA) is 87.1 Å². The number of aromatic nitrogens is 2. The summed E-state index contributed by atoms with van der Waals surface area (Å²) >= 11 is 0. The molecule has 0 aliphatic carbocycles. The first-order valence-corrected chi connectivity index (χ1v) is 4.95. The highest BCUT2D eigenvalue weighted by Crippen LogP contribution is 2.12. The molecule has 0 saturated carbocycles. The Hall–Kier alpha value is -1.72. The SMILES string of the molecule is CCCNc1cc(OCC)nc(N)[n+]1[O-]. The Morgan fingerprint density at radius 1 is 1.60 bits per heavy atom. The molecule has 1 heterocycles. The average molecular weight is 212 g/mol. The summed E-state index contributed by atoms with van der Waals surface area (Å²) in [5.74, 6) is 0.619. The van der Waals surface area contributed by atoms with E-state index >= 15 is 0 Å². The number of hydrogen-bond donors (Lipinski definition) is 2. The third-order valence-corrected chi connectivity index (χ3v) is 1.76. The second-order valence-electron chi connectivity index (χ2n) is 2.99. The van der Waals surface area contributed by atoms with Crippen LogP contribution in [0.15, 0.2) is 6.07 Å². The van der Waals surface area contributed by atoms with Gasteiger partial charge in [0.05, 0.1) is 12.7 Å². The van der Waals surface area contributed by atoms with E-state index in [4.69, 9.17) is 10.5 Å². The van der Waals surface area contributed by atoms with Crippen molar-refractivity contribution in [3.05, 3.63) is 11.3 Å². The summed E-state index contributed by atoms with van der Waals surface area (Å²) in [6, 6.07) is 1.54. The maximum Gasteiger partial charge on any atom is 0.347 e. The normalized spacial score (nSPS) is 10.0. The fourth-order valence-corrected chi connectivity index (χ4v) is 1.09. The minimum Gasteiger partial charge on any atom is -0.754 e. The Bertz CT molecular complexity index is 330. The van der Waals surface area contributed by atoms with Gasteiger partial charge in [-0.3, -0.25) is 0 Å². The zero-order chi connectivity index (χ0) is 11.3. The first-order chi connectivity index (χ1) is 7.19. The van der Waals surface area contributed by atoms with Crippen LogP contribution in [-0.4, -0.2) is 18.1 Å². The monoisotopic (exact) mass is 212 g/mol. The van der Waals surface area contributed by atoms with E-state index in [9.17, 15) is 5.21 Å². The van der Waals surface area contributed by atoms with Crippen LogP contribution in [0.2, 0.25) is 0 Å². The van der Waals surface area contributed by atoms with Crippen LogP contribution in [0.5, 0.6) is 5.88 Å². The van der Waals surface area contributed by atoms with Crippen molar-refractivity contribution in [1.82, 2.24) is 4.98 Å². The molecule has 1 aromatic rings. The number of nitrogens with one attached hydrogen (secondary N) is 1. The Kier molecular flexibility index (Phi) is 3.96. The molecule has 0 aromatic carbocycles. The second kappa shape index (κ2) is 5.23. The maximum atomic E-state index is 11.4. The van der Waals surface area contributed by atoms with Crippen molar-refractivity contribution < 1.29 is 9.47 Å². The van der Waals surface area contributed by atoms with Crippen LogP contribution >= 0.6 is 0 Å². The summed E-state index contributed by atoms with van der Waals surface area (Å²) in [5.41, 5.74) is 5.44. The molecule has 6 heteroatoms. The largest absolute Gasteiger partial charge is 0.754 e. The lowest BCUT2D eigenvalue weighted by atomic mass is 10.4. The quantitative estimate of drug-likeness (QED) is 0.548. The standard InChI is InChI=1S/C9H16N4O2/c1-3-5-11-7-6-8(15-4-2)12-9(10)13(7)14/h6,11H,3-5H2,1-2H3,(H2,10,12). The highest BCUT2D eigenvalue weighted by molar-refractivity contribution is 5.36. The molecule has 0 spiro atoms. The molecular weight excluding hydrogens is 196 g/mol. The van der Waals surface area contributed by atoms with Crippen molar-refractivity contribution in [2.45, 2.75) is 20.3 Å². The number of rotatable bonds is 5. The molecule has 0 bridgehead atoms. The Balaban J connectivity index is 2.91. The molecule has 0 aliphatic rings. The zero-order valence-corrected chi connectivity index (χ0v) is 8.99. The van der Waals surface area contributed by atoms with Crippen molar-refractivity contribution in [2.24, 2.45) is 0 Å². The van der Waals surface area contributed by atoms with E-state index in [0.29, 0.717) is 29.6 Å². The first-order valence-electron chi connectivity index (χ1n) is 4.95. The summed E-state index contributed by atoms with van der Waals surface area (Å²) in [7, 11) is 0. The molecule has 15 heavy (non-hydrogen) atoms. The minimum atomic E-state index is -0.112. The zero-order valence-electron chi connectivity index (χ0n) is 8.99. The number of ether oxygens (including phenoxy) is 1. The van der Waals surface area contributed by atoms with Crippen LogP contribution < -0.4 is 20.5 Å². The van der Waals surface area contributed by atoms with Gasteiger partial charge in [0.1, 0.15) is 0 Å². The van der Waals surface area contributed by atoms with E-state index in [1.165, 1.54) is 0 Å². The molecule has 0 radical (unpaired) electrons. The van der Waals surface area contributed by atoms with Gasteiger partial charge < -0.3 is 21.0 Å². The van der Waals surface area contributed by atoms with E-state index in [2.05, 4.69) is 10.3 Å². The second-order valence-corrected chi connectivity index (χ2v) is 2.99. The van der Waals surface area contributed by atoms with Gasteiger partial charge in [0, 0.05) is 6.54 Å². The lowest BCUT2D eigenvalue weighted by Gasteiger charge is -2.13. The summed E-state index contributed by atoms with van der Waals surface area (Å²) in [5, 5.41) is 14.4. The highest BCUT2D eigenvalue weighted by atomic mass is 16.5. The van der Waals surface area contributed by atoms with Crippen molar-refractivity contribution in [3.63, 3.8) is 0 Å². The summed E-state index contributed by atoms with van der Waals surface area (Å²) in [4.78, 5) is 3.80. The molecule has 84 valence electrons. The van der Waals surface area contributed by atoms with Crippen molar-refractivity contribution in [2.75, 3.05) is 24.2 Å². The van der Waals surface area contributed by atoms with Gasteiger partial charge in [-0.05, 0) is 13.3 Å². The molecule has 0 atom stereocenters. The fourth-order valence-electron chi connectivity index (χ4n) is 1.09. The lowest BCUT2D eigenvalue weighted by Crippen LogP contribution is -2.35. The number of nitrogens with zero attached hydrogens (tertiary/aromatic N) is 2. The fraction of sp³-hybridized carbons (Fsp3) is 0.556. The number of nitrogen functional groups attached to an aromatic ring is 1. The van der Waals surface area contributed by atoms with Crippen LogP contribution in [0, 0.1) is 5.21 Å². The Morgan fingerprint density at radius 2 is 2.33 bits per heavy atom. The molecule has 6 nitrogen and oxygen atoms in total. The molecule has 1 rings (SSSR count). The highest BCUT2D eigenvalue weighted by Gasteiger charge is 2.10. The van der Waals surface area contributed by atoms with Crippen molar-refractivity contribution in [3.8, 4) is 5.88 Å². The molecule has 0 amide bonds. The lowest BCUT2D eigenvalue weighted by molar-refractivity contribution is -0.577. The van der Waals surface area contributed by atoms with Crippen LogP contribution in [0.25, 0.3) is 0 Å². The van der Waals surface area contributed by atoms with E-state index in [1.54, 1.807) is 6.07 Å². The predicted octanol–water partition coefficient (Wildman–Crippen LogP) is 0.518. The van der Waals surface area contributed by atoms with Gasteiger partial charge in [-0.1, -0.05) is 11.9 Å². The molecular formula is C9H16N4O2. The Labute approximate surface area is 88.7 Å². The molecule has 0 unspecified atom stereocenters. The molecule has 0 fully saturated rings. The van der Waals surface area contributed by atoms with Gasteiger partial charge in [0.15, 0.2) is 0 Å². The third-order valence-electron chi connectivity index (χ3n) is 1.76. The van der Waals surface area contributed by atoms with Gasteiger partial charge in [-0.15, -0.1) is 0 Å². The summed E-state index contributed by atoms with van der Waals surface area (Å²) in [6.07, 6.45) is 0.923. The number of nitrogens with two attached hydrogens (primary N) is 1. The first kappa shape index (κ1) is 11.4. The van der Waals surface area contributed by atoms with Crippen LogP contribution in [0.3, 0.4) is 0 Å². The van der Waals surface area contributed by atoms with E-state index in [1.807, 2.05) is 13.8 Å². The molecule has 0 aliphatic heterocycles. The van der Waals surface area contributed by atoms with Crippen LogP contribution in [0.1, 0.15) is 20.3 Å².